The van der Waals surface area contributed by atoms with Gasteiger partial charge in [-0.2, -0.15) is 5.26 Å². The maximum Gasteiger partial charge on any atom is 0.323 e. The van der Waals surface area contributed by atoms with Gasteiger partial charge in [0.05, 0.1) is 26.7 Å². The first-order valence-corrected chi connectivity index (χ1v) is 6.38. The molecule has 2 N–H and O–H groups in total. The lowest BCUT2D eigenvalue weighted by molar-refractivity contribution is -0.137. The first kappa shape index (κ1) is 17.1. The molecule has 0 saturated carbocycles. The van der Waals surface area contributed by atoms with Crippen LogP contribution in [-0.4, -0.2) is 49.3 Å². The molecule has 0 aliphatic rings. The third-order valence-electron chi connectivity index (χ3n) is 2.74. The zero-order chi connectivity index (χ0) is 16.5. The lowest BCUT2D eigenvalue weighted by atomic mass is 10.2. The Labute approximate surface area is 127 Å². The van der Waals surface area contributed by atoms with Gasteiger partial charge >= 0.3 is 12.0 Å². The number of carboxylic acids is 1. The molecule has 1 aromatic carbocycles. The molecule has 1 rings (SSSR count). The molecule has 22 heavy (non-hydrogen) atoms. The van der Waals surface area contributed by atoms with E-state index in [-0.39, 0.29) is 13.0 Å². The first-order valence-electron chi connectivity index (χ1n) is 6.38. The van der Waals surface area contributed by atoms with Crippen LogP contribution in [0, 0.1) is 11.3 Å². The molecule has 118 valence electrons. The molecule has 0 bridgehead atoms. The fourth-order valence-electron chi connectivity index (χ4n) is 1.72. The highest BCUT2D eigenvalue weighted by atomic mass is 16.5. The fourth-order valence-corrected chi connectivity index (χ4v) is 1.72. The van der Waals surface area contributed by atoms with Gasteiger partial charge < -0.3 is 24.8 Å². The van der Waals surface area contributed by atoms with Crippen LogP contribution in [0.3, 0.4) is 0 Å². The van der Waals surface area contributed by atoms with E-state index >= 15 is 0 Å². The lowest BCUT2D eigenvalue weighted by Gasteiger charge is -2.20. The van der Waals surface area contributed by atoms with Crippen LogP contribution in [0.25, 0.3) is 0 Å². The average Bonchev–Trinajstić information content (AvgIpc) is 2.50. The summed E-state index contributed by atoms with van der Waals surface area (Å²) in [5.74, 6) is -0.213. The van der Waals surface area contributed by atoms with Crippen molar-refractivity contribution in [1.82, 2.24) is 4.90 Å². The first-order chi connectivity index (χ1) is 10.5. The average molecular weight is 307 g/mol. The van der Waals surface area contributed by atoms with Gasteiger partial charge in [0.25, 0.3) is 0 Å². The van der Waals surface area contributed by atoms with E-state index in [2.05, 4.69) is 5.32 Å². The zero-order valence-corrected chi connectivity index (χ0v) is 12.3. The molecule has 8 nitrogen and oxygen atoms in total. The number of urea groups is 1. The molecule has 2 amide bonds. The Hall–Kier alpha value is -2.95. The van der Waals surface area contributed by atoms with Crippen LogP contribution in [0.15, 0.2) is 18.2 Å². The topological polar surface area (TPSA) is 112 Å². The molecule has 1 aromatic rings. The van der Waals surface area contributed by atoms with Gasteiger partial charge in [0.1, 0.15) is 6.54 Å². The minimum absolute atomic E-state index is 0.0297. The number of carbonyl (C=O) groups excluding carboxylic acids is 1. The highest BCUT2D eigenvalue weighted by Crippen LogP contribution is 2.29. The standard InChI is InChI=1S/C14H17N3O5/c1-21-11-5-4-10(8-12(11)22-2)16-14(20)17(7-3-6-15)9-13(18)19/h4-5,8H,3,7,9H2,1-2H3,(H,16,20)(H,18,19). The second-order valence-electron chi connectivity index (χ2n) is 4.22. The van der Waals surface area contributed by atoms with Crippen molar-refractivity contribution >= 4 is 17.7 Å². The number of amides is 2. The number of nitriles is 1. The van der Waals surface area contributed by atoms with Crippen LogP contribution >= 0.6 is 0 Å². The van der Waals surface area contributed by atoms with Crippen LogP contribution in [0.5, 0.6) is 11.5 Å². The summed E-state index contributed by atoms with van der Waals surface area (Å²) in [7, 11) is 2.96. The number of methoxy groups -OCH3 is 2. The Morgan fingerprint density at radius 1 is 1.32 bits per heavy atom. The number of nitrogens with zero attached hydrogens (tertiary/aromatic N) is 2. The molecule has 0 fully saturated rings. The van der Waals surface area contributed by atoms with Crippen LogP contribution in [0.1, 0.15) is 6.42 Å². The summed E-state index contributed by atoms with van der Waals surface area (Å²) < 4.78 is 10.2. The Morgan fingerprint density at radius 3 is 2.55 bits per heavy atom. The third-order valence-corrected chi connectivity index (χ3v) is 2.74. The number of ether oxygens (including phenoxy) is 2. The Morgan fingerprint density at radius 2 is 2.00 bits per heavy atom. The van der Waals surface area contributed by atoms with Gasteiger partial charge in [0, 0.05) is 18.3 Å². The molecule has 0 aliphatic heterocycles. The fraction of sp³-hybridized carbons (Fsp3) is 0.357. The summed E-state index contributed by atoms with van der Waals surface area (Å²) in [5.41, 5.74) is 0.426. The van der Waals surface area contributed by atoms with E-state index in [1.165, 1.54) is 14.2 Å². The molecular formula is C14H17N3O5. The number of aliphatic carboxylic acids is 1. The summed E-state index contributed by atoms with van der Waals surface area (Å²) in [6.07, 6.45) is 0.0482. The van der Waals surface area contributed by atoms with Crippen LogP contribution in [0.4, 0.5) is 10.5 Å². The molecular weight excluding hydrogens is 290 g/mol. The maximum absolute atomic E-state index is 12.1. The minimum atomic E-state index is -1.15. The molecule has 0 atom stereocenters. The maximum atomic E-state index is 12.1. The predicted octanol–water partition coefficient (Wildman–Crippen LogP) is 1.54. The van der Waals surface area contributed by atoms with Gasteiger partial charge in [-0.25, -0.2) is 4.79 Å². The molecule has 0 aliphatic carbocycles. The normalized spacial score (nSPS) is 9.50. The van der Waals surface area contributed by atoms with Crippen molar-refractivity contribution in [2.75, 3.05) is 32.6 Å². The van der Waals surface area contributed by atoms with Crippen LogP contribution in [-0.2, 0) is 4.79 Å². The summed E-state index contributed by atoms with van der Waals surface area (Å²) in [4.78, 5) is 23.9. The Balaban J connectivity index is 2.84. The van der Waals surface area contributed by atoms with Gasteiger partial charge in [0.2, 0.25) is 0 Å². The molecule has 0 unspecified atom stereocenters. The highest BCUT2D eigenvalue weighted by molar-refractivity contribution is 5.91. The van der Waals surface area contributed by atoms with Crippen molar-refractivity contribution in [3.05, 3.63) is 18.2 Å². The van der Waals surface area contributed by atoms with Crippen molar-refractivity contribution in [2.24, 2.45) is 0 Å². The third kappa shape index (κ3) is 4.86. The number of nitrogens with one attached hydrogen (secondary N) is 1. The van der Waals surface area contributed by atoms with Gasteiger partial charge in [-0.15, -0.1) is 0 Å². The van der Waals surface area contributed by atoms with E-state index < -0.39 is 18.5 Å². The van der Waals surface area contributed by atoms with E-state index in [0.29, 0.717) is 17.2 Å². The highest BCUT2D eigenvalue weighted by Gasteiger charge is 2.17. The van der Waals surface area contributed by atoms with Gasteiger partial charge in [0.15, 0.2) is 11.5 Å². The van der Waals surface area contributed by atoms with Gasteiger partial charge in [-0.1, -0.05) is 0 Å². The quantitative estimate of drug-likeness (QED) is 0.790. The molecule has 0 spiro atoms. The summed E-state index contributed by atoms with van der Waals surface area (Å²) >= 11 is 0. The molecule has 0 heterocycles. The van der Waals surface area contributed by atoms with E-state index in [1.54, 1.807) is 18.2 Å². The second-order valence-corrected chi connectivity index (χ2v) is 4.22. The van der Waals surface area contributed by atoms with E-state index in [9.17, 15) is 9.59 Å². The number of carboxylic acid groups (broad SMARTS) is 1. The number of hydrogen-bond donors (Lipinski definition) is 2. The van der Waals surface area contributed by atoms with E-state index in [0.717, 1.165) is 4.90 Å². The number of anilines is 1. The van der Waals surface area contributed by atoms with Crippen molar-refractivity contribution < 1.29 is 24.2 Å². The summed E-state index contributed by atoms with van der Waals surface area (Å²) in [6, 6.07) is 6.04. The van der Waals surface area contributed by atoms with Crippen molar-refractivity contribution in [3.8, 4) is 17.6 Å². The zero-order valence-electron chi connectivity index (χ0n) is 12.3. The van der Waals surface area contributed by atoms with Crippen molar-refractivity contribution in [1.29, 1.82) is 5.26 Å². The molecule has 0 radical (unpaired) electrons. The molecule has 0 saturated heterocycles. The SMILES string of the molecule is COc1ccc(NC(=O)N(CCC#N)CC(=O)O)cc1OC. The van der Waals surface area contributed by atoms with Crippen molar-refractivity contribution in [2.45, 2.75) is 6.42 Å². The Bertz CT molecular complexity index is 582. The van der Waals surface area contributed by atoms with E-state index in [4.69, 9.17) is 19.8 Å². The number of benzene rings is 1. The van der Waals surface area contributed by atoms with Gasteiger partial charge in [-0.3, -0.25) is 4.79 Å². The van der Waals surface area contributed by atoms with E-state index in [1.807, 2.05) is 6.07 Å². The predicted molar refractivity (Wildman–Crippen MR) is 78.0 cm³/mol. The minimum Gasteiger partial charge on any atom is -0.493 e. The lowest BCUT2D eigenvalue weighted by Crippen LogP contribution is -2.39. The van der Waals surface area contributed by atoms with Gasteiger partial charge in [-0.05, 0) is 12.1 Å². The number of hydrogen-bond acceptors (Lipinski definition) is 5. The number of carbonyl (C=O) groups is 2. The summed E-state index contributed by atoms with van der Waals surface area (Å²) in [6.45, 7) is -0.456. The largest absolute Gasteiger partial charge is 0.493 e. The second kappa shape index (κ2) is 8.36. The summed E-state index contributed by atoms with van der Waals surface area (Å²) in [5, 5.41) is 19.9. The number of rotatable bonds is 7. The monoisotopic (exact) mass is 307 g/mol. The smallest absolute Gasteiger partial charge is 0.323 e. The molecule has 0 aromatic heterocycles. The Kier molecular flexibility index (Phi) is 6.50. The van der Waals surface area contributed by atoms with Crippen LogP contribution < -0.4 is 14.8 Å². The van der Waals surface area contributed by atoms with Crippen molar-refractivity contribution in [3.63, 3.8) is 0 Å². The molecule has 8 heteroatoms. The van der Waals surface area contributed by atoms with Crippen LogP contribution in [0.2, 0.25) is 0 Å².